The predicted octanol–water partition coefficient (Wildman–Crippen LogP) is 2.71. The van der Waals surface area contributed by atoms with Crippen molar-refractivity contribution in [2.24, 2.45) is 0 Å². The fourth-order valence-corrected chi connectivity index (χ4v) is 1.65. The van der Waals surface area contributed by atoms with Crippen molar-refractivity contribution in [3.05, 3.63) is 0 Å². The van der Waals surface area contributed by atoms with E-state index >= 15 is 0 Å². The molecule has 2 N–H and O–H groups in total. The van der Waals surface area contributed by atoms with Gasteiger partial charge in [-0.3, -0.25) is 0 Å². The zero-order valence-electron chi connectivity index (χ0n) is 10.1. The van der Waals surface area contributed by atoms with E-state index in [1.54, 1.807) is 0 Å². The van der Waals surface area contributed by atoms with Gasteiger partial charge >= 0.3 is 0 Å². The van der Waals surface area contributed by atoms with E-state index in [0.29, 0.717) is 6.04 Å². The Morgan fingerprint density at radius 2 is 1.79 bits per heavy atom. The summed E-state index contributed by atoms with van der Waals surface area (Å²) in [5.74, 6) is 0. The van der Waals surface area contributed by atoms with Crippen LogP contribution in [0.15, 0.2) is 0 Å². The normalized spacial score (nSPS) is 15.4. The Hall–Kier alpha value is -0.0800. The van der Waals surface area contributed by atoms with Crippen LogP contribution in [0.1, 0.15) is 59.3 Å². The van der Waals surface area contributed by atoms with E-state index in [4.69, 9.17) is 0 Å². The highest BCUT2D eigenvalue weighted by Gasteiger charge is 2.09. The number of hydrogen-bond donors (Lipinski definition) is 2. The molecule has 0 aromatic carbocycles. The van der Waals surface area contributed by atoms with Gasteiger partial charge in [-0.05, 0) is 32.7 Å². The average molecular weight is 201 g/mol. The first-order chi connectivity index (χ1) is 6.70. The Kier molecular flexibility index (Phi) is 9.42. The van der Waals surface area contributed by atoms with E-state index in [2.05, 4.69) is 19.2 Å². The number of unbranched alkanes of at least 4 members (excludes halogenated alkanes) is 2. The Balaban J connectivity index is 3.61. The number of nitrogens with one attached hydrogen (secondary N) is 1. The van der Waals surface area contributed by atoms with Gasteiger partial charge in [-0.15, -0.1) is 0 Å². The van der Waals surface area contributed by atoms with Crippen molar-refractivity contribution >= 4 is 0 Å². The van der Waals surface area contributed by atoms with E-state index in [0.717, 1.165) is 13.0 Å². The van der Waals surface area contributed by atoms with Gasteiger partial charge in [0.2, 0.25) is 0 Å². The summed E-state index contributed by atoms with van der Waals surface area (Å²) in [6, 6.07) is 0.515. The molecule has 0 aliphatic carbocycles. The molecule has 0 aromatic heterocycles. The number of rotatable bonds is 9. The molecule has 0 saturated heterocycles. The monoisotopic (exact) mass is 201 g/mol. The fourth-order valence-electron chi connectivity index (χ4n) is 1.65. The van der Waals surface area contributed by atoms with Gasteiger partial charge in [-0.1, -0.05) is 33.1 Å². The maximum absolute atomic E-state index is 9.34. The van der Waals surface area contributed by atoms with Gasteiger partial charge in [0.1, 0.15) is 0 Å². The van der Waals surface area contributed by atoms with Crippen LogP contribution < -0.4 is 5.32 Å². The zero-order valence-corrected chi connectivity index (χ0v) is 10.1. The van der Waals surface area contributed by atoms with Crippen molar-refractivity contribution in [1.82, 2.24) is 5.32 Å². The molecule has 0 bridgehead atoms. The fraction of sp³-hybridized carbons (Fsp3) is 1.00. The van der Waals surface area contributed by atoms with E-state index in [1.807, 2.05) is 6.92 Å². The molecule has 0 saturated carbocycles. The molecule has 0 heterocycles. The first-order valence-corrected chi connectivity index (χ1v) is 6.12. The van der Waals surface area contributed by atoms with Crippen molar-refractivity contribution in [3.8, 4) is 0 Å². The molecule has 2 heteroatoms. The molecule has 0 aliphatic rings. The number of aliphatic hydroxyl groups is 1. The molecule has 0 aromatic rings. The summed E-state index contributed by atoms with van der Waals surface area (Å²) < 4.78 is 0. The molecule has 0 radical (unpaired) electrons. The SMILES string of the molecule is CCCCNC(CCCC)CC(C)O. The van der Waals surface area contributed by atoms with Crippen LogP contribution in [0.4, 0.5) is 0 Å². The van der Waals surface area contributed by atoms with E-state index < -0.39 is 0 Å². The van der Waals surface area contributed by atoms with Crippen LogP contribution in [0.3, 0.4) is 0 Å². The third-order valence-electron chi connectivity index (χ3n) is 2.50. The van der Waals surface area contributed by atoms with Crippen LogP contribution in [-0.2, 0) is 0 Å². The van der Waals surface area contributed by atoms with Crippen LogP contribution in [0.2, 0.25) is 0 Å². The quantitative estimate of drug-likeness (QED) is 0.562. The largest absolute Gasteiger partial charge is 0.393 e. The van der Waals surface area contributed by atoms with Gasteiger partial charge in [0.05, 0.1) is 6.10 Å². The number of aliphatic hydroxyl groups excluding tert-OH is 1. The molecule has 0 aliphatic heterocycles. The van der Waals surface area contributed by atoms with Crippen molar-refractivity contribution in [2.45, 2.75) is 71.4 Å². The van der Waals surface area contributed by atoms with Crippen molar-refractivity contribution in [3.63, 3.8) is 0 Å². The van der Waals surface area contributed by atoms with Gasteiger partial charge in [-0.25, -0.2) is 0 Å². The molecular weight excluding hydrogens is 174 g/mol. The topological polar surface area (TPSA) is 32.3 Å². The van der Waals surface area contributed by atoms with E-state index in [-0.39, 0.29) is 6.10 Å². The Morgan fingerprint density at radius 1 is 1.14 bits per heavy atom. The van der Waals surface area contributed by atoms with Crippen molar-refractivity contribution in [1.29, 1.82) is 0 Å². The summed E-state index contributed by atoms with van der Waals surface area (Å²) in [5.41, 5.74) is 0. The molecule has 2 nitrogen and oxygen atoms in total. The lowest BCUT2D eigenvalue weighted by Gasteiger charge is -2.19. The summed E-state index contributed by atoms with van der Waals surface area (Å²) >= 11 is 0. The summed E-state index contributed by atoms with van der Waals surface area (Å²) in [7, 11) is 0. The molecule has 86 valence electrons. The lowest BCUT2D eigenvalue weighted by Crippen LogP contribution is -2.32. The summed E-state index contributed by atoms with van der Waals surface area (Å²) in [4.78, 5) is 0. The van der Waals surface area contributed by atoms with Gasteiger partial charge in [0, 0.05) is 6.04 Å². The smallest absolute Gasteiger partial charge is 0.0526 e. The number of hydrogen-bond acceptors (Lipinski definition) is 2. The van der Waals surface area contributed by atoms with Crippen LogP contribution in [0.5, 0.6) is 0 Å². The molecule has 14 heavy (non-hydrogen) atoms. The molecule has 2 unspecified atom stereocenters. The van der Waals surface area contributed by atoms with E-state index in [1.165, 1.54) is 32.1 Å². The molecule has 0 fully saturated rings. The first-order valence-electron chi connectivity index (χ1n) is 6.12. The molecule has 0 amide bonds. The van der Waals surface area contributed by atoms with Crippen LogP contribution in [0.25, 0.3) is 0 Å². The summed E-state index contributed by atoms with van der Waals surface area (Å²) in [5, 5.41) is 12.9. The first kappa shape index (κ1) is 13.9. The van der Waals surface area contributed by atoms with E-state index in [9.17, 15) is 5.11 Å². The Bertz CT molecular complexity index is 115. The Morgan fingerprint density at radius 3 is 2.29 bits per heavy atom. The van der Waals surface area contributed by atoms with Gasteiger partial charge in [0.25, 0.3) is 0 Å². The second-order valence-electron chi connectivity index (χ2n) is 4.23. The van der Waals surface area contributed by atoms with Gasteiger partial charge < -0.3 is 10.4 Å². The van der Waals surface area contributed by atoms with Crippen LogP contribution in [-0.4, -0.2) is 23.8 Å². The van der Waals surface area contributed by atoms with Crippen molar-refractivity contribution in [2.75, 3.05) is 6.54 Å². The van der Waals surface area contributed by atoms with Gasteiger partial charge in [0.15, 0.2) is 0 Å². The van der Waals surface area contributed by atoms with Crippen molar-refractivity contribution < 1.29 is 5.11 Å². The zero-order chi connectivity index (χ0) is 10.8. The second-order valence-corrected chi connectivity index (χ2v) is 4.23. The molecule has 0 spiro atoms. The third-order valence-corrected chi connectivity index (χ3v) is 2.50. The minimum absolute atomic E-state index is 0.175. The van der Waals surface area contributed by atoms with Gasteiger partial charge in [-0.2, -0.15) is 0 Å². The van der Waals surface area contributed by atoms with Crippen LogP contribution >= 0.6 is 0 Å². The highest BCUT2D eigenvalue weighted by molar-refractivity contribution is 4.69. The minimum atomic E-state index is -0.175. The lowest BCUT2D eigenvalue weighted by molar-refractivity contribution is 0.165. The second kappa shape index (κ2) is 9.47. The lowest BCUT2D eigenvalue weighted by atomic mass is 10.0. The maximum Gasteiger partial charge on any atom is 0.0526 e. The third kappa shape index (κ3) is 8.52. The summed E-state index contributed by atoms with van der Waals surface area (Å²) in [6.07, 6.45) is 6.90. The summed E-state index contributed by atoms with van der Waals surface area (Å²) in [6.45, 7) is 7.39. The molecule has 0 rings (SSSR count). The standard InChI is InChI=1S/C12H27NO/c1-4-6-8-12(10-11(3)14)13-9-7-5-2/h11-14H,4-10H2,1-3H3. The van der Waals surface area contributed by atoms with Crippen LogP contribution in [0, 0.1) is 0 Å². The maximum atomic E-state index is 9.34. The highest BCUT2D eigenvalue weighted by Crippen LogP contribution is 2.07. The minimum Gasteiger partial charge on any atom is -0.393 e. The predicted molar refractivity (Wildman–Crippen MR) is 62.5 cm³/mol. The molecular formula is C12H27NO. The molecule has 2 atom stereocenters. The Labute approximate surface area is 89.1 Å². The highest BCUT2D eigenvalue weighted by atomic mass is 16.3. The average Bonchev–Trinajstić information content (AvgIpc) is 2.13.